The molecule has 5 aromatic rings. The summed E-state index contributed by atoms with van der Waals surface area (Å²) in [5.74, 6) is 0.832. The third-order valence-electron chi connectivity index (χ3n) is 4.78. The van der Waals surface area contributed by atoms with E-state index in [0.29, 0.717) is 10.0 Å². The molecule has 4 heteroatoms. The normalized spacial score (nSPS) is 11.3. The summed E-state index contributed by atoms with van der Waals surface area (Å²) >= 11 is 12.9. The second-order valence-corrected chi connectivity index (χ2v) is 7.26. The zero-order chi connectivity index (χ0) is 18.4. The molecular formula is C23H14Cl2N2. The summed E-state index contributed by atoms with van der Waals surface area (Å²) in [7, 11) is 0. The van der Waals surface area contributed by atoms with Gasteiger partial charge in [-0.2, -0.15) is 0 Å². The molecule has 1 N–H and O–H groups in total. The van der Waals surface area contributed by atoms with E-state index in [0.717, 1.165) is 44.3 Å². The van der Waals surface area contributed by atoms with E-state index in [-0.39, 0.29) is 0 Å². The maximum atomic E-state index is 6.79. The van der Waals surface area contributed by atoms with Crippen molar-refractivity contribution in [2.75, 3.05) is 0 Å². The van der Waals surface area contributed by atoms with E-state index in [4.69, 9.17) is 28.2 Å². The Labute approximate surface area is 166 Å². The first kappa shape index (κ1) is 16.4. The number of hydrogen-bond donors (Lipinski definition) is 1. The Balaban J connectivity index is 1.74. The fraction of sp³-hybridized carbons (Fsp3) is 0. The summed E-state index contributed by atoms with van der Waals surface area (Å²) in [6.45, 7) is 0. The first-order valence-electron chi connectivity index (χ1n) is 8.63. The summed E-state index contributed by atoms with van der Waals surface area (Å²) in [6, 6.07) is 26.1. The van der Waals surface area contributed by atoms with E-state index >= 15 is 0 Å². The van der Waals surface area contributed by atoms with Gasteiger partial charge in [-0.3, -0.25) is 0 Å². The molecule has 0 aliphatic rings. The molecule has 0 unspecified atom stereocenters. The van der Waals surface area contributed by atoms with Crippen molar-refractivity contribution in [3.63, 3.8) is 0 Å². The van der Waals surface area contributed by atoms with Crippen molar-refractivity contribution < 1.29 is 0 Å². The molecular weight excluding hydrogens is 375 g/mol. The lowest BCUT2D eigenvalue weighted by molar-refractivity contribution is 1.34. The van der Waals surface area contributed by atoms with E-state index in [2.05, 4.69) is 23.2 Å². The zero-order valence-electron chi connectivity index (χ0n) is 14.2. The number of para-hydroxylation sites is 2. The Bertz CT molecular complexity index is 1270. The molecule has 130 valence electrons. The van der Waals surface area contributed by atoms with Crippen molar-refractivity contribution in [2.24, 2.45) is 0 Å². The Hall–Kier alpha value is -2.81. The van der Waals surface area contributed by atoms with E-state index in [1.807, 2.05) is 60.7 Å². The first-order valence-corrected chi connectivity index (χ1v) is 9.38. The number of hydrogen-bond acceptors (Lipinski definition) is 1. The van der Waals surface area contributed by atoms with Crippen LogP contribution in [0.3, 0.4) is 0 Å². The van der Waals surface area contributed by atoms with Crippen molar-refractivity contribution in [3.8, 4) is 22.5 Å². The third-order valence-corrected chi connectivity index (χ3v) is 5.42. The molecule has 0 saturated carbocycles. The van der Waals surface area contributed by atoms with E-state index in [1.165, 1.54) is 0 Å². The molecule has 0 saturated heterocycles. The minimum atomic E-state index is 0.703. The summed E-state index contributed by atoms with van der Waals surface area (Å²) in [5.41, 5.74) is 4.99. The number of aromatic nitrogens is 2. The Morgan fingerprint density at radius 3 is 2.33 bits per heavy atom. The number of rotatable bonds is 2. The monoisotopic (exact) mass is 388 g/mol. The predicted octanol–water partition coefficient (Wildman–Crippen LogP) is 7.36. The summed E-state index contributed by atoms with van der Waals surface area (Å²) in [4.78, 5) is 8.17. The Morgan fingerprint density at radius 2 is 1.48 bits per heavy atom. The number of nitrogens with one attached hydrogen (secondary N) is 1. The van der Waals surface area contributed by atoms with Crippen molar-refractivity contribution >= 4 is 45.0 Å². The highest BCUT2D eigenvalue weighted by atomic mass is 35.5. The molecule has 0 aliphatic carbocycles. The second kappa shape index (κ2) is 6.41. The molecule has 0 aliphatic heterocycles. The van der Waals surface area contributed by atoms with Crippen LogP contribution in [0.2, 0.25) is 10.0 Å². The largest absolute Gasteiger partial charge is 0.338 e. The minimum Gasteiger partial charge on any atom is -0.338 e. The third kappa shape index (κ3) is 2.78. The van der Waals surface area contributed by atoms with Gasteiger partial charge in [-0.1, -0.05) is 77.8 Å². The van der Waals surface area contributed by atoms with Crippen LogP contribution in [0.5, 0.6) is 0 Å². The molecule has 1 heterocycles. The number of nitrogens with zero attached hydrogens (tertiary/aromatic N) is 1. The van der Waals surface area contributed by atoms with Gasteiger partial charge in [0.2, 0.25) is 0 Å². The van der Waals surface area contributed by atoms with Crippen LogP contribution in [-0.4, -0.2) is 9.97 Å². The van der Waals surface area contributed by atoms with Gasteiger partial charge in [0.15, 0.2) is 0 Å². The molecule has 0 amide bonds. The number of halogens is 2. The molecule has 0 fully saturated rings. The van der Waals surface area contributed by atoms with Gasteiger partial charge >= 0.3 is 0 Å². The van der Waals surface area contributed by atoms with Gasteiger partial charge in [0.25, 0.3) is 0 Å². The maximum absolute atomic E-state index is 6.79. The molecule has 2 nitrogen and oxygen atoms in total. The standard InChI is InChI=1S/C23H14Cl2N2/c24-15-10-12-16-14(13-15)9-11-18(22(16)25)17-5-1-2-6-19(17)23-26-20-7-3-4-8-21(20)27-23/h1-13H,(H,26,27). The molecule has 27 heavy (non-hydrogen) atoms. The fourth-order valence-corrected chi connectivity index (χ4v) is 3.99. The zero-order valence-corrected chi connectivity index (χ0v) is 15.7. The quantitative estimate of drug-likeness (QED) is 0.336. The average molecular weight is 389 g/mol. The van der Waals surface area contributed by atoms with E-state index in [9.17, 15) is 0 Å². The minimum absolute atomic E-state index is 0.703. The van der Waals surface area contributed by atoms with Gasteiger partial charge in [0.1, 0.15) is 5.82 Å². The van der Waals surface area contributed by atoms with Gasteiger partial charge in [-0.25, -0.2) is 4.98 Å². The fourth-order valence-electron chi connectivity index (χ4n) is 3.48. The molecule has 0 bridgehead atoms. The SMILES string of the molecule is Clc1ccc2c(Cl)c(-c3ccccc3-c3nc4ccccc4[nH]3)ccc2c1. The number of H-pyrrole nitrogens is 1. The lowest BCUT2D eigenvalue weighted by atomic mass is 9.96. The van der Waals surface area contributed by atoms with Crippen LogP contribution in [0.4, 0.5) is 0 Å². The van der Waals surface area contributed by atoms with Crippen molar-refractivity contribution in [3.05, 3.63) is 88.9 Å². The lowest BCUT2D eigenvalue weighted by Gasteiger charge is -2.12. The molecule has 0 spiro atoms. The molecule has 0 radical (unpaired) electrons. The van der Waals surface area contributed by atoms with Gasteiger partial charge in [0.05, 0.1) is 16.1 Å². The van der Waals surface area contributed by atoms with Crippen LogP contribution in [0.1, 0.15) is 0 Å². The number of fused-ring (bicyclic) bond motifs is 2. The van der Waals surface area contributed by atoms with Crippen molar-refractivity contribution in [2.45, 2.75) is 0 Å². The Morgan fingerprint density at radius 1 is 0.704 bits per heavy atom. The summed E-state index contributed by atoms with van der Waals surface area (Å²) in [5, 5.41) is 3.43. The predicted molar refractivity (Wildman–Crippen MR) is 114 cm³/mol. The Kier molecular flexibility index (Phi) is 3.89. The van der Waals surface area contributed by atoms with E-state index in [1.54, 1.807) is 0 Å². The second-order valence-electron chi connectivity index (χ2n) is 6.44. The molecule has 5 rings (SSSR count). The van der Waals surface area contributed by atoms with Gasteiger partial charge < -0.3 is 4.98 Å². The van der Waals surface area contributed by atoms with Crippen LogP contribution in [0.25, 0.3) is 44.3 Å². The van der Waals surface area contributed by atoms with Crippen LogP contribution in [0, 0.1) is 0 Å². The smallest absolute Gasteiger partial charge is 0.139 e. The topological polar surface area (TPSA) is 28.7 Å². The van der Waals surface area contributed by atoms with Gasteiger partial charge in [-0.05, 0) is 35.2 Å². The van der Waals surface area contributed by atoms with Crippen LogP contribution in [-0.2, 0) is 0 Å². The van der Waals surface area contributed by atoms with Crippen molar-refractivity contribution in [1.82, 2.24) is 9.97 Å². The van der Waals surface area contributed by atoms with Crippen molar-refractivity contribution in [1.29, 1.82) is 0 Å². The highest BCUT2D eigenvalue weighted by Crippen LogP contribution is 2.39. The van der Waals surface area contributed by atoms with Crippen LogP contribution < -0.4 is 0 Å². The molecule has 0 atom stereocenters. The molecule has 4 aromatic carbocycles. The maximum Gasteiger partial charge on any atom is 0.139 e. The number of aromatic amines is 1. The van der Waals surface area contributed by atoms with Crippen LogP contribution in [0.15, 0.2) is 78.9 Å². The highest BCUT2D eigenvalue weighted by molar-refractivity contribution is 6.39. The number of imidazole rings is 1. The van der Waals surface area contributed by atoms with Crippen LogP contribution >= 0.6 is 23.2 Å². The lowest BCUT2D eigenvalue weighted by Crippen LogP contribution is -1.88. The average Bonchev–Trinajstić information content (AvgIpc) is 3.12. The molecule has 1 aromatic heterocycles. The van der Waals surface area contributed by atoms with Gasteiger partial charge in [-0.15, -0.1) is 0 Å². The van der Waals surface area contributed by atoms with Gasteiger partial charge in [0, 0.05) is 21.5 Å². The van der Waals surface area contributed by atoms with E-state index < -0.39 is 0 Å². The number of benzene rings is 4. The first-order chi connectivity index (χ1) is 13.2. The summed E-state index contributed by atoms with van der Waals surface area (Å²) < 4.78 is 0. The summed E-state index contributed by atoms with van der Waals surface area (Å²) in [6.07, 6.45) is 0. The highest BCUT2D eigenvalue weighted by Gasteiger charge is 2.15.